The Morgan fingerprint density at radius 3 is 3.12 bits per heavy atom. The molecule has 0 aromatic heterocycles. The van der Waals surface area contributed by atoms with Crippen molar-refractivity contribution in [2.45, 2.75) is 12.5 Å². The molecule has 0 aliphatic carbocycles. The van der Waals surface area contributed by atoms with Crippen LogP contribution in [0.25, 0.3) is 0 Å². The number of urea groups is 1. The van der Waals surface area contributed by atoms with E-state index < -0.39 is 0 Å². The van der Waals surface area contributed by atoms with Gasteiger partial charge in [0.2, 0.25) is 0 Å². The van der Waals surface area contributed by atoms with E-state index >= 15 is 0 Å². The molecule has 2 amide bonds. The normalized spacial score (nSPS) is 22.9. The monoisotopic (exact) mass is 218 g/mol. The molecule has 0 saturated carbocycles. The Bertz CT molecular complexity index is 445. The molecule has 4 heteroatoms. The van der Waals surface area contributed by atoms with Gasteiger partial charge in [-0.25, -0.2) is 4.79 Å². The molecule has 0 radical (unpaired) electrons. The first-order chi connectivity index (χ1) is 7.75. The largest absolute Gasteiger partial charge is 0.493 e. The Morgan fingerprint density at radius 1 is 1.50 bits per heavy atom. The third-order valence-corrected chi connectivity index (χ3v) is 3.33. The van der Waals surface area contributed by atoms with Crippen LogP contribution in [0.1, 0.15) is 17.2 Å². The van der Waals surface area contributed by atoms with Crippen LogP contribution >= 0.6 is 0 Å². The van der Waals surface area contributed by atoms with Crippen molar-refractivity contribution in [3.8, 4) is 5.75 Å². The number of ether oxygens (including phenoxy) is 1. The van der Waals surface area contributed by atoms with Crippen LogP contribution in [0.5, 0.6) is 5.75 Å². The fourth-order valence-electron chi connectivity index (χ4n) is 2.34. The van der Waals surface area contributed by atoms with Gasteiger partial charge in [0, 0.05) is 20.0 Å². The van der Waals surface area contributed by atoms with Crippen LogP contribution in [-0.2, 0) is 6.42 Å². The van der Waals surface area contributed by atoms with Gasteiger partial charge in [0.1, 0.15) is 5.75 Å². The van der Waals surface area contributed by atoms with Crippen molar-refractivity contribution in [1.82, 2.24) is 10.2 Å². The highest BCUT2D eigenvalue weighted by Gasteiger charge is 2.29. The van der Waals surface area contributed by atoms with Gasteiger partial charge in [-0.05, 0) is 23.3 Å². The summed E-state index contributed by atoms with van der Waals surface area (Å²) in [6.45, 7) is 1.46. The van der Waals surface area contributed by atoms with Gasteiger partial charge in [0.05, 0.1) is 12.6 Å². The van der Waals surface area contributed by atoms with E-state index in [0.29, 0.717) is 6.54 Å². The Hall–Kier alpha value is -1.71. The molecule has 1 aromatic carbocycles. The van der Waals surface area contributed by atoms with Gasteiger partial charge in [-0.2, -0.15) is 0 Å². The predicted molar refractivity (Wildman–Crippen MR) is 59.5 cm³/mol. The van der Waals surface area contributed by atoms with Gasteiger partial charge >= 0.3 is 6.03 Å². The molecule has 2 aliphatic heterocycles. The standard InChI is InChI=1S/C12H14N2O2/c1-14-10(7-13-12(14)15)8-2-3-11-9(6-8)4-5-16-11/h2-3,6,10H,4-5,7H2,1H3,(H,13,15). The molecule has 1 N–H and O–H groups in total. The second kappa shape index (κ2) is 3.40. The van der Waals surface area contributed by atoms with E-state index in [4.69, 9.17) is 4.74 Å². The number of nitrogens with zero attached hydrogens (tertiary/aromatic N) is 1. The molecule has 1 aromatic rings. The Morgan fingerprint density at radius 2 is 2.38 bits per heavy atom. The molecular weight excluding hydrogens is 204 g/mol. The van der Waals surface area contributed by atoms with E-state index in [-0.39, 0.29) is 12.1 Å². The van der Waals surface area contributed by atoms with Crippen LogP contribution < -0.4 is 10.1 Å². The van der Waals surface area contributed by atoms with Crippen molar-refractivity contribution in [1.29, 1.82) is 0 Å². The van der Waals surface area contributed by atoms with Crippen LogP contribution in [0, 0.1) is 0 Å². The van der Waals surface area contributed by atoms with Gasteiger partial charge in [0.25, 0.3) is 0 Å². The fourth-order valence-corrected chi connectivity index (χ4v) is 2.34. The lowest BCUT2D eigenvalue weighted by atomic mass is 10.0. The minimum absolute atomic E-state index is 0.00162. The molecule has 1 fully saturated rings. The zero-order valence-electron chi connectivity index (χ0n) is 9.19. The summed E-state index contributed by atoms with van der Waals surface area (Å²) in [5.41, 5.74) is 2.44. The fraction of sp³-hybridized carbons (Fsp3) is 0.417. The third kappa shape index (κ3) is 1.33. The maximum Gasteiger partial charge on any atom is 0.317 e. The van der Waals surface area contributed by atoms with Gasteiger partial charge < -0.3 is 15.0 Å². The molecule has 2 heterocycles. The number of carbonyl (C=O) groups is 1. The number of likely N-dealkylation sites (N-methyl/N-ethyl adjacent to an activating group) is 1. The maximum absolute atomic E-state index is 11.4. The van der Waals surface area contributed by atoms with E-state index in [0.717, 1.165) is 18.8 Å². The summed E-state index contributed by atoms with van der Waals surface area (Å²) in [6.07, 6.45) is 0.973. The molecule has 84 valence electrons. The van der Waals surface area contributed by atoms with Crippen molar-refractivity contribution >= 4 is 6.03 Å². The van der Waals surface area contributed by atoms with Crippen molar-refractivity contribution in [2.24, 2.45) is 0 Å². The van der Waals surface area contributed by atoms with Crippen LogP contribution in [0.4, 0.5) is 4.79 Å². The topological polar surface area (TPSA) is 41.6 Å². The van der Waals surface area contributed by atoms with Gasteiger partial charge in [0.15, 0.2) is 0 Å². The Balaban J connectivity index is 1.93. The van der Waals surface area contributed by atoms with Crippen LogP contribution in [0.2, 0.25) is 0 Å². The minimum Gasteiger partial charge on any atom is -0.493 e. The lowest BCUT2D eigenvalue weighted by Crippen LogP contribution is -2.25. The predicted octanol–water partition coefficient (Wildman–Crippen LogP) is 1.32. The van der Waals surface area contributed by atoms with Crippen LogP contribution in [0.3, 0.4) is 0 Å². The average Bonchev–Trinajstić information content (AvgIpc) is 2.86. The number of hydrogen-bond donors (Lipinski definition) is 1. The van der Waals surface area contributed by atoms with E-state index in [2.05, 4.69) is 11.4 Å². The SMILES string of the molecule is CN1C(=O)NCC1c1ccc2c(c1)CCO2. The molecule has 1 atom stereocenters. The molecule has 2 aliphatic rings. The summed E-state index contributed by atoms with van der Waals surface area (Å²) in [4.78, 5) is 13.1. The highest BCUT2D eigenvalue weighted by atomic mass is 16.5. The lowest BCUT2D eigenvalue weighted by molar-refractivity contribution is 0.217. The summed E-state index contributed by atoms with van der Waals surface area (Å²) in [6, 6.07) is 6.36. The molecule has 1 saturated heterocycles. The number of hydrogen-bond acceptors (Lipinski definition) is 2. The molecular formula is C12H14N2O2. The molecule has 1 unspecified atom stereocenters. The van der Waals surface area contributed by atoms with E-state index in [1.165, 1.54) is 11.1 Å². The number of nitrogens with one attached hydrogen (secondary N) is 1. The highest BCUT2D eigenvalue weighted by Crippen LogP contribution is 2.30. The molecule has 4 nitrogen and oxygen atoms in total. The maximum atomic E-state index is 11.4. The summed E-state index contributed by atoms with van der Waals surface area (Å²) in [7, 11) is 1.83. The van der Waals surface area contributed by atoms with Crippen LogP contribution in [-0.4, -0.2) is 31.1 Å². The van der Waals surface area contributed by atoms with Crippen molar-refractivity contribution in [3.63, 3.8) is 0 Å². The zero-order chi connectivity index (χ0) is 11.1. The second-order valence-electron chi connectivity index (χ2n) is 4.28. The van der Waals surface area contributed by atoms with E-state index in [9.17, 15) is 4.79 Å². The Labute approximate surface area is 94.2 Å². The first-order valence-electron chi connectivity index (χ1n) is 5.52. The summed E-state index contributed by atoms with van der Waals surface area (Å²) < 4.78 is 5.47. The highest BCUT2D eigenvalue weighted by molar-refractivity contribution is 5.76. The molecule has 0 bridgehead atoms. The number of amides is 2. The number of benzene rings is 1. The summed E-state index contributed by atoms with van der Waals surface area (Å²) in [5.74, 6) is 0.990. The molecule has 0 spiro atoms. The van der Waals surface area contributed by atoms with Crippen molar-refractivity contribution in [2.75, 3.05) is 20.2 Å². The average molecular weight is 218 g/mol. The van der Waals surface area contributed by atoms with E-state index in [1.807, 2.05) is 19.2 Å². The quantitative estimate of drug-likeness (QED) is 0.772. The second-order valence-corrected chi connectivity index (χ2v) is 4.28. The van der Waals surface area contributed by atoms with Gasteiger partial charge in [-0.15, -0.1) is 0 Å². The molecule has 16 heavy (non-hydrogen) atoms. The number of fused-ring (bicyclic) bond motifs is 1. The number of rotatable bonds is 1. The van der Waals surface area contributed by atoms with E-state index in [1.54, 1.807) is 4.90 Å². The molecule has 3 rings (SSSR count). The zero-order valence-corrected chi connectivity index (χ0v) is 9.19. The first kappa shape index (κ1) is 9.51. The smallest absolute Gasteiger partial charge is 0.317 e. The summed E-state index contributed by atoms with van der Waals surface area (Å²) >= 11 is 0. The lowest BCUT2D eigenvalue weighted by Gasteiger charge is -2.18. The van der Waals surface area contributed by atoms with Crippen LogP contribution in [0.15, 0.2) is 18.2 Å². The number of carbonyl (C=O) groups excluding carboxylic acids is 1. The first-order valence-corrected chi connectivity index (χ1v) is 5.52. The third-order valence-electron chi connectivity index (χ3n) is 3.33. The van der Waals surface area contributed by atoms with Gasteiger partial charge in [-0.3, -0.25) is 0 Å². The van der Waals surface area contributed by atoms with Crippen molar-refractivity contribution in [3.05, 3.63) is 29.3 Å². The van der Waals surface area contributed by atoms with Crippen molar-refractivity contribution < 1.29 is 9.53 Å². The Kier molecular flexibility index (Phi) is 2.02. The summed E-state index contributed by atoms with van der Waals surface area (Å²) in [5, 5.41) is 2.84. The van der Waals surface area contributed by atoms with Gasteiger partial charge in [-0.1, -0.05) is 6.07 Å². The minimum atomic E-state index is 0.00162.